The highest BCUT2D eigenvalue weighted by atomic mass is 32.2. The first kappa shape index (κ1) is 14.8. The summed E-state index contributed by atoms with van der Waals surface area (Å²) in [5.41, 5.74) is 0. The van der Waals surface area contributed by atoms with E-state index >= 15 is 0 Å². The van der Waals surface area contributed by atoms with Crippen LogP contribution in [0, 0.1) is 11.6 Å². The van der Waals surface area contributed by atoms with Crippen molar-refractivity contribution in [2.45, 2.75) is 19.9 Å². The molecule has 0 bridgehead atoms. The number of nitrogens with one attached hydrogen (secondary N) is 2. The number of halogens is 2. The van der Waals surface area contributed by atoms with E-state index in [0.29, 0.717) is 12.3 Å². The van der Waals surface area contributed by atoms with Crippen molar-refractivity contribution in [3.8, 4) is 0 Å². The van der Waals surface area contributed by atoms with E-state index in [4.69, 9.17) is 0 Å². The molecule has 102 valence electrons. The van der Waals surface area contributed by atoms with E-state index in [2.05, 4.69) is 15.6 Å². The normalized spacial score (nSPS) is 14.1. The minimum Gasteiger partial charge on any atom is -0.368 e. The molecule has 7 heteroatoms. The largest absolute Gasteiger partial charge is 0.368 e. The van der Waals surface area contributed by atoms with Gasteiger partial charge in [-0.05, 0) is 13.8 Å². The van der Waals surface area contributed by atoms with Crippen LogP contribution in [0.25, 0.3) is 0 Å². The highest BCUT2D eigenvalue weighted by Crippen LogP contribution is 2.19. The van der Waals surface area contributed by atoms with Crippen LogP contribution in [0.15, 0.2) is 6.07 Å². The molecule has 0 radical (unpaired) electrons. The van der Waals surface area contributed by atoms with Crippen LogP contribution in [0.5, 0.6) is 0 Å². The molecule has 18 heavy (non-hydrogen) atoms. The van der Waals surface area contributed by atoms with Gasteiger partial charge >= 0.3 is 0 Å². The topological polar surface area (TPSA) is 54.0 Å². The fraction of sp³-hybridized carbons (Fsp3) is 0.545. The van der Waals surface area contributed by atoms with Crippen molar-refractivity contribution in [3.63, 3.8) is 0 Å². The van der Waals surface area contributed by atoms with Crippen LogP contribution in [-0.4, -0.2) is 33.8 Å². The number of rotatable bonds is 6. The van der Waals surface area contributed by atoms with E-state index in [-0.39, 0.29) is 17.7 Å². The molecule has 0 aliphatic carbocycles. The summed E-state index contributed by atoms with van der Waals surface area (Å²) in [5.74, 6) is -1.15. The Kier molecular flexibility index (Phi) is 5.46. The molecule has 0 spiro atoms. The van der Waals surface area contributed by atoms with Crippen LogP contribution in [0.1, 0.15) is 13.8 Å². The first-order chi connectivity index (χ1) is 8.43. The Labute approximate surface area is 108 Å². The summed E-state index contributed by atoms with van der Waals surface area (Å²) < 4.78 is 37.9. The average molecular weight is 277 g/mol. The van der Waals surface area contributed by atoms with E-state index in [1.807, 2.05) is 0 Å². The third kappa shape index (κ3) is 4.21. The third-order valence-corrected chi connectivity index (χ3v) is 3.11. The zero-order valence-electron chi connectivity index (χ0n) is 10.6. The summed E-state index contributed by atoms with van der Waals surface area (Å²) in [6, 6.07) is 0.570. The van der Waals surface area contributed by atoms with Crippen molar-refractivity contribution in [1.29, 1.82) is 0 Å². The summed E-state index contributed by atoms with van der Waals surface area (Å²) in [6.07, 6.45) is 1.57. The number of hydrogen-bond acceptors (Lipinski definition) is 4. The van der Waals surface area contributed by atoms with Gasteiger partial charge in [-0.2, -0.15) is 0 Å². The van der Waals surface area contributed by atoms with Crippen LogP contribution < -0.4 is 10.6 Å². The molecule has 0 saturated carbocycles. The van der Waals surface area contributed by atoms with Crippen molar-refractivity contribution in [3.05, 3.63) is 17.7 Å². The summed E-state index contributed by atoms with van der Waals surface area (Å²) in [6.45, 7) is 4.04. The Balaban J connectivity index is 2.87. The number of nitrogens with zero attached hydrogens (tertiary/aromatic N) is 1. The molecule has 2 unspecified atom stereocenters. The first-order valence-electron chi connectivity index (χ1n) is 5.60. The quantitative estimate of drug-likeness (QED) is 0.834. The van der Waals surface area contributed by atoms with E-state index in [9.17, 15) is 13.0 Å². The highest BCUT2D eigenvalue weighted by Gasteiger charge is 2.13. The van der Waals surface area contributed by atoms with E-state index < -0.39 is 22.4 Å². The monoisotopic (exact) mass is 277 g/mol. The average Bonchev–Trinajstić information content (AvgIpc) is 2.24. The second kappa shape index (κ2) is 6.63. The van der Waals surface area contributed by atoms with E-state index in [1.165, 1.54) is 0 Å². The van der Waals surface area contributed by atoms with E-state index in [0.717, 1.165) is 6.07 Å². The SMILES string of the molecule is CCNc1nc(NC(C)CS(C)=O)c(F)cc1F. The third-order valence-electron chi connectivity index (χ3n) is 2.14. The van der Waals surface area contributed by atoms with Gasteiger partial charge in [0.15, 0.2) is 23.3 Å². The van der Waals surface area contributed by atoms with Gasteiger partial charge in [-0.15, -0.1) is 0 Å². The van der Waals surface area contributed by atoms with Crippen molar-refractivity contribution in [1.82, 2.24) is 4.98 Å². The summed E-state index contributed by atoms with van der Waals surface area (Å²) in [4.78, 5) is 3.84. The van der Waals surface area contributed by atoms with Gasteiger partial charge in [0.25, 0.3) is 0 Å². The molecule has 2 N–H and O–H groups in total. The second-order valence-corrected chi connectivity index (χ2v) is 5.44. The van der Waals surface area contributed by atoms with Gasteiger partial charge in [-0.1, -0.05) is 0 Å². The zero-order chi connectivity index (χ0) is 13.7. The zero-order valence-corrected chi connectivity index (χ0v) is 11.4. The molecule has 0 fully saturated rings. The van der Waals surface area contributed by atoms with Crippen LogP contribution in [0.4, 0.5) is 20.4 Å². The van der Waals surface area contributed by atoms with Crippen LogP contribution in [0.3, 0.4) is 0 Å². The van der Waals surface area contributed by atoms with Gasteiger partial charge in [0.2, 0.25) is 0 Å². The van der Waals surface area contributed by atoms with Gasteiger partial charge in [0, 0.05) is 41.5 Å². The Morgan fingerprint density at radius 2 is 2.00 bits per heavy atom. The molecule has 1 heterocycles. The second-order valence-electron chi connectivity index (χ2n) is 3.96. The molecule has 1 rings (SSSR count). The predicted octanol–water partition coefficient (Wildman–Crippen LogP) is 1.97. The number of pyridine rings is 1. The lowest BCUT2D eigenvalue weighted by molar-refractivity contribution is 0.576. The van der Waals surface area contributed by atoms with Crippen molar-refractivity contribution in [2.75, 3.05) is 29.2 Å². The lowest BCUT2D eigenvalue weighted by Gasteiger charge is -2.15. The van der Waals surface area contributed by atoms with Gasteiger partial charge in [-0.25, -0.2) is 13.8 Å². The minimum atomic E-state index is -0.991. The smallest absolute Gasteiger partial charge is 0.168 e. The fourth-order valence-electron chi connectivity index (χ4n) is 1.49. The summed E-state index contributed by atoms with van der Waals surface area (Å²) >= 11 is 0. The van der Waals surface area contributed by atoms with E-state index in [1.54, 1.807) is 20.1 Å². The Bertz CT molecular complexity index is 443. The molecule has 0 saturated heterocycles. The maximum Gasteiger partial charge on any atom is 0.168 e. The maximum absolute atomic E-state index is 13.5. The number of hydrogen-bond donors (Lipinski definition) is 2. The molecular formula is C11H17F2N3OS. The lowest BCUT2D eigenvalue weighted by atomic mass is 10.3. The molecule has 2 atom stereocenters. The minimum absolute atomic E-state index is 0.00576. The Morgan fingerprint density at radius 3 is 2.56 bits per heavy atom. The van der Waals surface area contributed by atoms with Crippen molar-refractivity contribution in [2.24, 2.45) is 0 Å². The van der Waals surface area contributed by atoms with Crippen molar-refractivity contribution < 1.29 is 13.0 Å². The van der Waals surface area contributed by atoms with Crippen molar-refractivity contribution >= 4 is 22.4 Å². The molecule has 4 nitrogen and oxygen atoms in total. The molecule has 1 aromatic rings. The molecule has 0 amide bonds. The Hall–Kier alpha value is -1.24. The molecule has 0 aliphatic heterocycles. The fourth-order valence-corrected chi connectivity index (χ4v) is 2.27. The molecule has 0 aromatic carbocycles. The Morgan fingerprint density at radius 1 is 1.39 bits per heavy atom. The summed E-state index contributed by atoms with van der Waals surface area (Å²) in [7, 11) is -0.991. The number of aromatic nitrogens is 1. The summed E-state index contributed by atoms with van der Waals surface area (Å²) in [5, 5.41) is 5.49. The van der Waals surface area contributed by atoms with Crippen LogP contribution in [-0.2, 0) is 10.8 Å². The lowest BCUT2D eigenvalue weighted by Crippen LogP contribution is -2.24. The van der Waals surface area contributed by atoms with Gasteiger partial charge in [0.1, 0.15) is 0 Å². The molecular weight excluding hydrogens is 260 g/mol. The van der Waals surface area contributed by atoms with Crippen LogP contribution in [0.2, 0.25) is 0 Å². The predicted molar refractivity (Wildman–Crippen MR) is 70.3 cm³/mol. The van der Waals surface area contributed by atoms with Gasteiger partial charge < -0.3 is 10.6 Å². The number of anilines is 2. The molecule has 1 aromatic heterocycles. The van der Waals surface area contributed by atoms with Gasteiger partial charge in [0.05, 0.1) is 0 Å². The molecule has 0 aliphatic rings. The van der Waals surface area contributed by atoms with Crippen LogP contribution >= 0.6 is 0 Å². The maximum atomic E-state index is 13.5. The first-order valence-corrected chi connectivity index (χ1v) is 7.33. The highest BCUT2D eigenvalue weighted by molar-refractivity contribution is 7.84. The van der Waals surface area contributed by atoms with Gasteiger partial charge in [-0.3, -0.25) is 4.21 Å². The standard InChI is InChI=1S/C11H17F2N3OS/c1-4-14-10-8(12)5-9(13)11(16-10)15-7(2)6-18(3)17/h5,7H,4,6H2,1-3H3,(H2,14,15,16).